The van der Waals surface area contributed by atoms with Gasteiger partial charge in [-0.05, 0) is 66.6 Å². The van der Waals surface area contributed by atoms with E-state index in [2.05, 4.69) is 17.4 Å². The second kappa shape index (κ2) is 7.79. The van der Waals surface area contributed by atoms with E-state index in [0.29, 0.717) is 5.56 Å². The van der Waals surface area contributed by atoms with Gasteiger partial charge in [-0.25, -0.2) is 0 Å². The molecule has 0 atom stereocenters. The van der Waals surface area contributed by atoms with Crippen LogP contribution in [-0.4, -0.2) is 18.4 Å². The van der Waals surface area contributed by atoms with Crippen molar-refractivity contribution in [1.82, 2.24) is 0 Å². The lowest BCUT2D eigenvalue weighted by molar-refractivity contribution is -0.119. The Labute approximate surface area is 176 Å². The van der Waals surface area contributed by atoms with Gasteiger partial charge >= 0.3 is 0 Å². The number of rotatable bonds is 4. The predicted molar refractivity (Wildman–Crippen MR) is 120 cm³/mol. The SMILES string of the molecule is O=C(Nc1ccc2c(c1)N(C(=O)C1CC1)CCC2)c1ccc(-c2ccccc2)cc1. The molecule has 1 N–H and O–H groups in total. The fourth-order valence-electron chi connectivity index (χ4n) is 4.08. The van der Waals surface area contributed by atoms with Crippen LogP contribution in [0.4, 0.5) is 11.4 Å². The Morgan fingerprint density at radius 2 is 1.60 bits per heavy atom. The minimum Gasteiger partial charge on any atom is -0.322 e. The number of amides is 2. The Kier molecular flexibility index (Phi) is 4.83. The van der Waals surface area contributed by atoms with E-state index in [4.69, 9.17) is 0 Å². The average Bonchev–Trinajstić information content (AvgIpc) is 3.64. The second-order valence-electron chi connectivity index (χ2n) is 8.11. The monoisotopic (exact) mass is 396 g/mol. The molecule has 1 fully saturated rings. The highest BCUT2D eigenvalue weighted by Crippen LogP contribution is 2.37. The Morgan fingerprint density at radius 1 is 0.867 bits per heavy atom. The predicted octanol–water partition coefficient (Wildman–Crippen LogP) is 5.30. The molecular weight excluding hydrogens is 372 g/mol. The maximum absolute atomic E-state index is 12.8. The van der Waals surface area contributed by atoms with Gasteiger partial charge in [0.05, 0.1) is 0 Å². The van der Waals surface area contributed by atoms with Gasteiger partial charge in [0.15, 0.2) is 0 Å². The first-order chi connectivity index (χ1) is 14.7. The molecule has 4 heteroatoms. The minimum atomic E-state index is -0.148. The highest BCUT2D eigenvalue weighted by molar-refractivity contribution is 6.05. The minimum absolute atomic E-state index is 0.148. The maximum Gasteiger partial charge on any atom is 0.255 e. The average molecular weight is 396 g/mol. The Hall–Kier alpha value is -3.40. The summed E-state index contributed by atoms with van der Waals surface area (Å²) in [6, 6.07) is 23.6. The van der Waals surface area contributed by atoms with Crippen LogP contribution >= 0.6 is 0 Å². The number of hydrogen-bond acceptors (Lipinski definition) is 2. The number of carbonyl (C=O) groups is 2. The largest absolute Gasteiger partial charge is 0.322 e. The number of nitrogens with one attached hydrogen (secondary N) is 1. The van der Waals surface area contributed by atoms with Crippen LogP contribution in [0, 0.1) is 5.92 Å². The van der Waals surface area contributed by atoms with E-state index in [1.807, 2.05) is 65.6 Å². The molecule has 2 amide bonds. The van der Waals surface area contributed by atoms with Crippen LogP contribution in [0.15, 0.2) is 72.8 Å². The van der Waals surface area contributed by atoms with E-state index in [1.165, 1.54) is 5.56 Å². The number of carbonyl (C=O) groups excluding carboxylic acids is 2. The standard InChI is InChI=1S/C26H24N2O2/c29-25(21-10-8-19(9-11-21)18-5-2-1-3-6-18)27-23-15-14-20-7-4-16-28(24(20)17-23)26(30)22-12-13-22/h1-3,5-6,8-11,14-15,17,22H,4,7,12-13,16H2,(H,27,29). The molecule has 30 heavy (non-hydrogen) atoms. The van der Waals surface area contributed by atoms with E-state index < -0.39 is 0 Å². The van der Waals surface area contributed by atoms with Crippen LogP contribution in [0.3, 0.4) is 0 Å². The molecule has 1 saturated carbocycles. The zero-order valence-corrected chi connectivity index (χ0v) is 16.8. The van der Waals surface area contributed by atoms with Gasteiger partial charge < -0.3 is 10.2 Å². The Bertz CT molecular complexity index is 1090. The fraction of sp³-hybridized carbons (Fsp3) is 0.231. The molecule has 150 valence electrons. The quantitative estimate of drug-likeness (QED) is 0.651. The van der Waals surface area contributed by atoms with E-state index in [0.717, 1.165) is 54.7 Å². The molecule has 5 rings (SSSR count). The summed E-state index contributed by atoms with van der Waals surface area (Å²) >= 11 is 0. The van der Waals surface area contributed by atoms with Crippen molar-refractivity contribution in [2.45, 2.75) is 25.7 Å². The third-order valence-corrected chi connectivity index (χ3v) is 5.91. The lowest BCUT2D eigenvalue weighted by Crippen LogP contribution is -2.36. The number of benzene rings is 3. The summed E-state index contributed by atoms with van der Waals surface area (Å²) in [6.07, 6.45) is 3.96. The summed E-state index contributed by atoms with van der Waals surface area (Å²) in [5.41, 5.74) is 5.67. The van der Waals surface area contributed by atoms with Crippen molar-refractivity contribution in [1.29, 1.82) is 0 Å². The van der Waals surface area contributed by atoms with Gasteiger partial charge in [-0.15, -0.1) is 0 Å². The van der Waals surface area contributed by atoms with Gasteiger partial charge in [-0.2, -0.15) is 0 Å². The molecule has 0 unspecified atom stereocenters. The third-order valence-electron chi connectivity index (χ3n) is 5.91. The summed E-state index contributed by atoms with van der Waals surface area (Å²) in [5, 5.41) is 2.99. The summed E-state index contributed by atoms with van der Waals surface area (Å²) in [6.45, 7) is 0.765. The first kappa shape index (κ1) is 18.6. The van der Waals surface area contributed by atoms with Crippen molar-refractivity contribution in [3.63, 3.8) is 0 Å². The Morgan fingerprint density at radius 3 is 2.33 bits per heavy atom. The van der Waals surface area contributed by atoms with Crippen molar-refractivity contribution >= 4 is 23.2 Å². The molecule has 2 aliphatic rings. The molecule has 0 spiro atoms. The molecule has 4 nitrogen and oxygen atoms in total. The van der Waals surface area contributed by atoms with E-state index in [9.17, 15) is 9.59 Å². The van der Waals surface area contributed by atoms with Gasteiger partial charge in [0, 0.05) is 29.4 Å². The second-order valence-corrected chi connectivity index (χ2v) is 8.11. The third kappa shape index (κ3) is 3.73. The van der Waals surface area contributed by atoms with E-state index >= 15 is 0 Å². The highest BCUT2D eigenvalue weighted by atomic mass is 16.2. The number of nitrogens with zero attached hydrogens (tertiary/aromatic N) is 1. The van der Waals surface area contributed by atoms with Crippen LogP contribution in [0.2, 0.25) is 0 Å². The normalized spacial score (nSPS) is 15.4. The number of aryl methyl sites for hydroxylation is 1. The molecule has 3 aromatic carbocycles. The van der Waals surface area contributed by atoms with Crippen LogP contribution in [0.5, 0.6) is 0 Å². The van der Waals surface area contributed by atoms with Crippen LogP contribution < -0.4 is 10.2 Å². The summed E-state index contributed by atoms with van der Waals surface area (Å²) in [4.78, 5) is 27.4. The van der Waals surface area contributed by atoms with Gasteiger partial charge in [-0.3, -0.25) is 9.59 Å². The summed E-state index contributed by atoms with van der Waals surface area (Å²) in [7, 11) is 0. The summed E-state index contributed by atoms with van der Waals surface area (Å²) in [5.74, 6) is 0.277. The molecule has 1 aliphatic carbocycles. The lowest BCUT2D eigenvalue weighted by Gasteiger charge is -2.30. The first-order valence-corrected chi connectivity index (χ1v) is 10.6. The number of hydrogen-bond donors (Lipinski definition) is 1. The molecule has 1 aliphatic heterocycles. The van der Waals surface area contributed by atoms with Gasteiger partial charge in [0.1, 0.15) is 0 Å². The molecule has 1 heterocycles. The molecule has 0 saturated heterocycles. The van der Waals surface area contributed by atoms with Gasteiger partial charge in [0.25, 0.3) is 5.91 Å². The number of fused-ring (bicyclic) bond motifs is 1. The van der Waals surface area contributed by atoms with Crippen LogP contribution in [0.25, 0.3) is 11.1 Å². The smallest absolute Gasteiger partial charge is 0.255 e. The molecule has 0 aromatic heterocycles. The van der Waals surface area contributed by atoms with Crippen LogP contribution in [0.1, 0.15) is 35.2 Å². The number of anilines is 2. The van der Waals surface area contributed by atoms with E-state index in [-0.39, 0.29) is 17.7 Å². The van der Waals surface area contributed by atoms with Crippen molar-refractivity contribution in [2.24, 2.45) is 5.92 Å². The van der Waals surface area contributed by atoms with Crippen molar-refractivity contribution < 1.29 is 9.59 Å². The first-order valence-electron chi connectivity index (χ1n) is 10.6. The molecule has 0 bridgehead atoms. The topological polar surface area (TPSA) is 49.4 Å². The van der Waals surface area contributed by atoms with Crippen molar-refractivity contribution in [3.8, 4) is 11.1 Å². The fourth-order valence-corrected chi connectivity index (χ4v) is 4.08. The molecule has 0 radical (unpaired) electrons. The lowest BCUT2D eigenvalue weighted by atomic mass is 10.0. The highest BCUT2D eigenvalue weighted by Gasteiger charge is 2.35. The van der Waals surface area contributed by atoms with Crippen LogP contribution in [-0.2, 0) is 11.2 Å². The molecular formula is C26H24N2O2. The summed E-state index contributed by atoms with van der Waals surface area (Å²) < 4.78 is 0. The zero-order chi connectivity index (χ0) is 20.5. The maximum atomic E-state index is 12.8. The van der Waals surface area contributed by atoms with Gasteiger partial charge in [-0.1, -0.05) is 48.5 Å². The van der Waals surface area contributed by atoms with Crippen molar-refractivity contribution in [2.75, 3.05) is 16.8 Å². The molecule has 3 aromatic rings. The van der Waals surface area contributed by atoms with E-state index in [1.54, 1.807) is 0 Å². The van der Waals surface area contributed by atoms with Gasteiger partial charge in [0.2, 0.25) is 5.91 Å². The zero-order valence-electron chi connectivity index (χ0n) is 16.8. The Balaban J connectivity index is 1.34. The van der Waals surface area contributed by atoms with Crippen molar-refractivity contribution in [3.05, 3.63) is 83.9 Å².